The molecule has 0 aliphatic heterocycles. The van der Waals surface area contributed by atoms with Crippen LogP contribution in [0.5, 0.6) is 5.75 Å². The number of carbonyl (C=O) groups excluding carboxylic acids is 1. The number of aromatic hydroxyl groups is 1. The number of rotatable bonds is 3. The minimum atomic E-state index is -0.950. The Balaban J connectivity index is 2.78. The van der Waals surface area contributed by atoms with E-state index in [0.29, 0.717) is 5.56 Å². The molecule has 5 nitrogen and oxygen atoms in total. The summed E-state index contributed by atoms with van der Waals surface area (Å²) in [5.74, 6) is -0.340. The van der Waals surface area contributed by atoms with Crippen molar-refractivity contribution in [2.75, 3.05) is 13.6 Å². The number of hydrogen-bond acceptors (Lipinski definition) is 4. The average Bonchev–Trinajstić information content (AvgIpc) is 2.14. The molecular weight excluding hydrogens is 208 g/mol. The summed E-state index contributed by atoms with van der Waals surface area (Å²) in [6, 6.07) is 1.34. The van der Waals surface area contributed by atoms with E-state index in [1.807, 2.05) is 0 Å². The molecule has 1 heterocycles. The fourth-order valence-electron chi connectivity index (χ4n) is 1.42. The molecule has 1 amide bonds. The number of nitrogens with zero attached hydrogens (tertiary/aromatic N) is 2. The molecule has 0 radical (unpaired) electrons. The Morgan fingerprint density at radius 3 is 2.62 bits per heavy atom. The topological polar surface area (TPSA) is 73.7 Å². The molecule has 1 rings (SSSR count). The van der Waals surface area contributed by atoms with Crippen molar-refractivity contribution in [2.45, 2.75) is 19.4 Å². The van der Waals surface area contributed by atoms with Crippen LogP contribution in [0.15, 0.2) is 18.5 Å². The zero-order chi connectivity index (χ0) is 12.3. The first-order chi connectivity index (χ1) is 7.29. The minimum absolute atomic E-state index is 0.0532. The van der Waals surface area contributed by atoms with Crippen LogP contribution in [-0.2, 0) is 0 Å². The number of hydrogen-bond donors (Lipinski definition) is 2. The fourth-order valence-corrected chi connectivity index (χ4v) is 1.42. The molecule has 0 unspecified atom stereocenters. The van der Waals surface area contributed by atoms with Gasteiger partial charge < -0.3 is 15.1 Å². The number of likely N-dealkylation sites (N-methyl/N-ethyl adjacent to an activating group) is 1. The number of carbonyl (C=O) groups is 1. The first-order valence-corrected chi connectivity index (χ1v) is 4.91. The van der Waals surface area contributed by atoms with Gasteiger partial charge in [0.2, 0.25) is 0 Å². The van der Waals surface area contributed by atoms with Crippen LogP contribution >= 0.6 is 0 Å². The molecule has 0 aromatic carbocycles. The Labute approximate surface area is 94.4 Å². The number of pyridine rings is 1. The van der Waals surface area contributed by atoms with Gasteiger partial charge in [-0.1, -0.05) is 0 Å². The molecule has 1 aromatic rings. The normalized spacial score (nSPS) is 11.2. The molecule has 0 aliphatic carbocycles. The van der Waals surface area contributed by atoms with Gasteiger partial charge in [-0.3, -0.25) is 9.78 Å². The van der Waals surface area contributed by atoms with Gasteiger partial charge in [0.25, 0.3) is 5.91 Å². The molecule has 0 saturated carbocycles. The highest BCUT2D eigenvalue weighted by molar-refractivity contribution is 5.94. The van der Waals surface area contributed by atoms with E-state index in [4.69, 9.17) is 0 Å². The molecule has 16 heavy (non-hydrogen) atoms. The molecular formula is C11H16N2O3. The van der Waals surface area contributed by atoms with Crippen molar-refractivity contribution in [3.05, 3.63) is 24.0 Å². The Hall–Kier alpha value is -1.62. The molecule has 0 aliphatic rings. The second kappa shape index (κ2) is 4.49. The third-order valence-electron chi connectivity index (χ3n) is 1.94. The highest BCUT2D eigenvalue weighted by Crippen LogP contribution is 2.12. The van der Waals surface area contributed by atoms with Crippen LogP contribution in [0.3, 0.4) is 0 Å². The summed E-state index contributed by atoms with van der Waals surface area (Å²) in [4.78, 5) is 16.9. The summed E-state index contributed by atoms with van der Waals surface area (Å²) in [6.07, 6.45) is 2.63. The van der Waals surface area contributed by atoms with Gasteiger partial charge in [0.15, 0.2) is 0 Å². The monoisotopic (exact) mass is 224 g/mol. The molecule has 0 bridgehead atoms. The van der Waals surface area contributed by atoms with Gasteiger partial charge in [-0.2, -0.15) is 0 Å². The predicted octanol–water partition coefficient (Wildman–Crippen LogP) is 0.630. The fraction of sp³-hybridized carbons (Fsp3) is 0.455. The van der Waals surface area contributed by atoms with Gasteiger partial charge in [0.05, 0.1) is 17.4 Å². The maximum absolute atomic E-state index is 11.8. The highest BCUT2D eigenvalue weighted by Gasteiger charge is 2.20. The second-order valence-electron chi connectivity index (χ2n) is 4.41. The SMILES string of the molecule is CN(CC(C)(C)O)C(=O)c1cncc(O)c1. The van der Waals surface area contributed by atoms with E-state index >= 15 is 0 Å². The lowest BCUT2D eigenvalue weighted by Crippen LogP contribution is -2.39. The van der Waals surface area contributed by atoms with E-state index < -0.39 is 5.60 Å². The summed E-state index contributed by atoms with van der Waals surface area (Å²) in [5.41, 5.74) is -0.652. The Morgan fingerprint density at radius 1 is 1.50 bits per heavy atom. The van der Waals surface area contributed by atoms with Crippen LogP contribution in [-0.4, -0.2) is 45.2 Å². The lowest BCUT2D eigenvalue weighted by Gasteiger charge is -2.25. The van der Waals surface area contributed by atoms with Gasteiger partial charge in [0.1, 0.15) is 5.75 Å². The Bertz CT molecular complexity index is 385. The van der Waals surface area contributed by atoms with Crippen molar-refractivity contribution in [3.8, 4) is 5.75 Å². The summed E-state index contributed by atoms with van der Waals surface area (Å²) in [6.45, 7) is 3.45. The van der Waals surface area contributed by atoms with Crippen LogP contribution in [0.25, 0.3) is 0 Å². The standard InChI is InChI=1S/C11H16N2O3/c1-11(2,16)7-13(3)10(15)8-4-9(14)6-12-5-8/h4-6,14,16H,7H2,1-3H3. The molecule has 88 valence electrons. The van der Waals surface area contributed by atoms with Crippen molar-refractivity contribution in [2.24, 2.45) is 0 Å². The number of aliphatic hydroxyl groups is 1. The maximum Gasteiger partial charge on any atom is 0.255 e. The van der Waals surface area contributed by atoms with Crippen molar-refractivity contribution in [3.63, 3.8) is 0 Å². The third kappa shape index (κ3) is 3.51. The molecule has 0 fully saturated rings. The van der Waals surface area contributed by atoms with Gasteiger partial charge in [0, 0.05) is 19.8 Å². The number of aromatic nitrogens is 1. The Morgan fingerprint density at radius 2 is 2.12 bits per heavy atom. The quantitative estimate of drug-likeness (QED) is 0.789. The summed E-state index contributed by atoms with van der Waals surface area (Å²) in [5, 5.41) is 18.8. The van der Waals surface area contributed by atoms with Crippen LogP contribution in [0.1, 0.15) is 24.2 Å². The number of amides is 1. The van der Waals surface area contributed by atoms with E-state index in [9.17, 15) is 15.0 Å². The molecule has 0 atom stereocenters. The minimum Gasteiger partial charge on any atom is -0.506 e. The zero-order valence-electron chi connectivity index (χ0n) is 9.64. The smallest absolute Gasteiger partial charge is 0.255 e. The summed E-state index contributed by atoms with van der Waals surface area (Å²) >= 11 is 0. The lowest BCUT2D eigenvalue weighted by atomic mass is 10.1. The van der Waals surface area contributed by atoms with Crippen molar-refractivity contribution >= 4 is 5.91 Å². The summed E-state index contributed by atoms with van der Waals surface area (Å²) in [7, 11) is 1.59. The third-order valence-corrected chi connectivity index (χ3v) is 1.94. The van der Waals surface area contributed by atoms with Gasteiger partial charge in [-0.15, -0.1) is 0 Å². The first kappa shape index (κ1) is 12.4. The van der Waals surface area contributed by atoms with E-state index in [0.717, 1.165) is 0 Å². The van der Waals surface area contributed by atoms with Crippen LogP contribution < -0.4 is 0 Å². The zero-order valence-corrected chi connectivity index (χ0v) is 9.64. The molecule has 1 aromatic heterocycles. The van der Waals surface area contributed by atoms with Crippen molar-refractivity contribution in [1.82, 2.24) is 9.88 Å². The summed E-state index contributed by atoms with van der Waals surface area (Å²) < 4.78 is 0. The van der Waals surface area contributed by atoms with Crippen molar-refractivity contribution in [1.29, 1.82) is 0 Å². The molecule has 0 saturated heterocycles. The van der Waals surface area contributed by atoms with E-state index in [1.165, 1.54) is 23.4 Å². The van der Waals surface area contributed by atoms with Gasteiger partial charge >= 0.3 is 0 Å². The largest absolute Gasteiger partial charge is 0.506 e. The van der Waals surface area contributed by atoms with E-state index in [1.54, 1.807) is 20.9 Å². The first-order valence-electron chi connectivity index (χ1n) is 4.91. The Kier molecular flexibility index (Phi) is 3.49. The lowest BCUT2D eigenvalue weighted by molar-refractivity contribution is 0.0367. The second-order valence-corrected chi connectivity index (χ2v) is 4.41. The predicted molar refractivity (Wildman–Crippen MR) is 59.2 cm³/mol. The van der Waals surface area contributed by atoms with Crippen molar-refractivity contribution < 1.29 is 15.0 Å². The van der Waals surface area contributed by atoms with E-state index in [-0.39, 0.29) is 18.2 Å². The molecule has 0 spiro atoms. The van der Waals surface area contributed by atoms with E-state index in [2.05, 4.69) is 4.98 Å². The van der Waals surface area contributed by atoms with Gasteiger partial charge in [-0.25, -0.2) is 0 Å². The molecule has 2 N–H and O–H groups in total. The maximum atomic E-state index is 11.8. The van der Waals surface area contributed by atoms with Crippen LogP contribution in [0.2, 0.25) is 0 Å². The average molecular weight is 224 g/mol. The highest BCUT2D eigenvalue weighted by atomic mass is 16.3. The molecule has 5 heteroatoms. The van der Waals surface area contributed by atoms with Crippen LogP contribution in [0.4, 0.5) is 0 Å². The van der Waals surface area contributed by atoms with Gasteiger partial charge in [-0.05, 0) is 19.9 Å². The van der Waals surface area contributed by atoms with Crippen LogP contribution in [0, 0.1) is 0 Å².